The van der Waals surface area contributed by atoms with Gasteiger partial charge in [0.05, 0.1) is 6.61 Å². The summed E-state index contributed by atoms with van der Waals surface area (Å²) in [5, 5.41) is 6.36. The van der Waals surface area contributed by atoms with Crippen LogP contribution in [0.5, 0.6) is 5.75 Å². The number of ether oxygens (including phenoxy) is 1. The molecule has 1 spiro atoms. The molecule has 2 N–H and O–H groups in total. The maximum atomic E-state index is 12.8. The molecule has 7 rings (SSSR count). The molecule has 14 heteroatoms. The molecule has 7 atom stereocenters. The van der Waals surface area contributed by atoms with Crippen molar-refractivity contribution in [3.05, 3.63) is 101 Å². The first-order valence-electron chi connectivity index (χ1n) is 22.9. The highest BCUT2D eigenvalue weighted by Gasteiger charge is 2.59. The second-order valence-corrected chi connectivity index (χ2v) is 20.0. The van der Waals surface area contributed by atoms with Crippen molar-refractivity contribution in [3.8, 4) is 5.75 Å². The van der Waals surface area contributed by atoms with Crippen molar-refractivity contribution < 1.29 is 37.2 Å². The summed E-state index contributed by atoms with van der Waals surface area (Å²) in [5.74, 6) is 1.23. The van der Waals surface area contributed by atoms with Gasteiger partial charge in [0.2, 0.25) is 6.41 Å². The largest absolute Gasteiger partial charge is 0.465 e. The lowest BCUT2D eigenvalue weighted by molar-refractivity contribution is -0.145. The molecule has 3 fully saturated rings. The fourth-order valence-corrected chi connectivity index (χ4v) is 11.4. The first kappa shape index (κ1) is 52.9. The summed E-state index contributed by atoms with van der Waals surface area (Å²) in [7, 11) is 4.83. The molecule has 2 aromatic carbocycles. The molecule has 10 nitrogen and oxygen atoms in total. The standard InChI is InChI=1S/C22H26NO4PS.C15H17F2NO.C11H21NO.C2H7N/c1-3-11-26-22(25)16(2)23-28(27-19-7-5-4-6-8-19)15-17-9-10-21-18(12-17)13-20(14-24)29-21;1-10-13(8-18(9-19)15(10)5-6-15)11-3-2-4-12(7-11)14(16)17;1-12-9-6-8-11(12)7-4-2-3-5-10-13;1-3-2/h4-10,12-14,16,18,21,23H,3,11,15H2,1-2H3;2-4,7,9-10,13-14H,5-6,8H2,1H3;10-11H,2-9H2,1H3;3H,1-2H3/t;10-,13?;;/m.0../s1. The number of unbranched alkanes of at least 4 members (excludes halogenated alkanes) is 3. The number of esters is 1. The van der Waals surface area contributed by atoms with Gasteiger partial charge in [-0.05, 0) is 115 Å². The Morgan fingerprint density at radius 2 is 1.80 bits per heavy atom. The maximum absolute atomic E-state index is 12.8. The zero-order valence-corrected chi connectivity index (χ0v) is 40.3. The van der Waals surface area contributed by atoms with Crippen molar-refractivity contribution in [1.82, 2.24) is 20.2 Å². The fraction of sp³-hybridized carbons (Fsp3) is 0.560. The number of carbonyl (C=O) groups is 4. The molecule has 0 bridgehead atoms. The minimum atomic E-state index is -2.44. The van der Waals surface area contributed by atoms with Gasteiger partial charge in [-0.2, -0.15) is 0 Å². The minimum Gasteiger partial charge on any atom is -0.465 e. The number of fused-ring (bicyclic) bond motifs is 1. The van der Waals surface area contributed by atoms with Crippen LogP contribution >= 0.6 is 20.1 Å². The summed E-state index contributed by atoms with van der Waals surface area (Å²) < 4.78 is 37.0. The normalized spacial score (nSPS) is 23.5. The lowest BCUT2D eigenvalue weighted by atomic mass is 9.85. The lowest BCUT2D eigenvalue weighted by Gasteiger charge is -2.25. The predicted octanol–water partition coefficient (Wildman–Crippen LogP) is 10.0. The molecule has 2 saturated heterocycles. The molecule has 1 amide bonds. The Bertz CT molecular complexity index is 1850. The molecule has 352 valence electrons. The van der Waals surface area contributed by atoms with Gasteiger partial charge in [-0.15, -0.1) is 11.8 Å². The number of halogens is 2. The molecule has 1 saturated carbocycles. The van der Waals surface area contributed by atoms with E-state index in [2.05, 4.69) is 47.5 Å². The van der Waals surface area contributed by atoms with Crippen LogP contribution in [0.15, 0.2) is 89.4 Å². The minimum absolute atomic E-state index is 0.00719. The number of rotatable bonds is 19. The topological polar surface area (TPSA) is 117 Å². The van der Waals surface area contributed by atoms with Crippen molar-refractivity contribution in [2.24, 2.45) is 11.8 Å². The number of hydrogen-bond donors (Lipinski definition) is 2. The third-order valence-corrected chi connectivity index (χ3v) is 15.4. The first-order chi connectivity index (χ1) is 30.9. The van der Waals surface area contributed by atoms with Crippen molar-refractivity contribution in [3.63, 3.8) is 0 Å². The van der Waals surface area contributed by atoms with Crippen LogP contribution in [0.25, 0.3) is 0 Å². The quantitative estimate of drug-likeness (QED) is 0.0611. The summed E-state index contributed by atoms with van der Waals surface area (Å²) in [6.45, 7) is 8.25. The highest BCUT2D eigenvalue weighted by molar-refractivity contribution is 8.04. The predicted molar refractivity (Wildman–Crippen MR) is 257 cm³/mol. The molecule has 0 aromatic heterocycles. The van der Waals surface area contributed by atoms with Crippen LogP contribution in [-0.4, -0.2) is 105 Å². The van der Waals surface area contributed by atoms with Crippen LogP contribution in [0.3, 0.4) is 0 Å². The second-order valence-electron chi connectivity index (χ2n) is 17.2. The van der Waals surface area contributed by atoms with Crippen LogP contribution in [0.1, 0.15) is 108 Å². The zero-order chi connectivity index (χ0) is 46.5. The van der Waals surface area contributed by atoms with E-state index in [9.17, 15) is 28.0 Å². The number of alkyl halides is 2. The summed E-state index contributed by atoms with van der Waals surface area (Å²) in [6, 6.07) is 16.6. The van der Waals surface area contributed by atoms with Crippen LogP contribution < -0.4 is 14.9 Å². The van der Waals surface area contributed by atoms with E-state index >= 15 is 0 Å². The highest BCUT2D eigenvalue weighted by Crippen LogP contribution is 2.57. The Kier molecular flexibility index (Phi) is 22.9. The number of nitrogens with one attached hydrogen (secondary N) is 2. The summed E-state index contributed by atoms with van der Waals surface area (Å²) in [4.78, 5) is 49.6. The van der Waals surface area contributed by atoms with E-state index < -0.39 is 20.8 Å². The highest BCUT2D eigenvalue weighted by atomic mass is 32.2. The molecular formula is C50H71F2N4O6PS. The van der Waals surface area contributed by atoms with Crippen molar-refractivity contribution in [2.45, 2.75) is 120 Å². The van der Waals surface area contributed by atoms with E-state index in [0.29, 0.717) is 25.2 Å². The van der Waals surface area contributed by atoms with Crippen molar-refractivity contribution >= 4 is 45.0 Å². The summed E-state index contributed by atoms with van der Waals surface area (Å²) in [5.41, 5.74) is 2.15. The number of benzene rings is 2. The molecule has 2 aliphatic carbocycles. The maximum Gasteiger partial charge on any atom is 0.323 e. The van der Waals surface area contributed by atoms with Gasteiger partial charge in [0.25, 0.3) is 6.43 Å². The fourth-order valence-electron chi connectivity index (χ4n) is 8.69. The number of allylic oxidation sites excluding steroid dienone is 5. The van der Waals surface area contributed by atoms with Gasteiger partial charge in [0, 0.05) is 58.3 Å². The van der Waals surface area contributed by atoms with Crippen LogP contribution in [0.2, 0.25) is 0 Å². The van der Waals surface area contributed by atoms with Gasteiger partial charge in [0.1, 0.15) is 18.1 Å². The number of nitrogens with zero attached hydrogens (tertiary/aromatic N) is 2. The van der Waals surface area contributed by atoms with E-state index in [1.807, 2.05) is 68.4 Å². The van der Waals surface area contributed by atoms with Crippen LogP contribution in [0.4, 0.5) is 8.78 Å². The van der Waals surface area contributed by atoms with Gasteiger partial charge in [-0.1, -0.05) is 87.4 Å². The summed E-state index contributed by atoms with van der Waals surface area (Å²) >= 11 is 1.60. The number of para-hydroxylation sites is 1. The molecule has 3 heterocycles. The lowest BCUT2D eigenvalue weighted by Crippen LogP contribution is -2.34. The molecule has 0 radical (unpaired) electrons. The molecular weight excluding hydrogens is 854 g/mol. The van der Waals surface area contributed by atoms with Crippen molar-refractivity contribution in [1.29, 1.82) is 0 Å². The average Bonchev–Trinajstić information content (AvgIpc) is 3.70. The van der Waals surface area contributed by atoms with E-state index in [1.165, 1.54) is 44.7 Å². The van der Waals surface area contributed by atoms with Gasteiger partial charge in [-0.3, -0.25) is 19.5 Å². The van der Waals surface area contributed by atoms with Crippen LogP contribution in [0, 0.1) is 11.8 Å². The number of hydrogen-bond acceptors (Lipinski definition) is 10. The number of likely N-dealkylation sites (tertiary alicyclic amines) is 2. The molecule has 2 aromatic rings. The number of thioether (sulfide) groups is 1. The Hall–Kier alpha value is -3.74. The van der Waals surface area contributed by atoms with Gasteiger partial charge in [0.15, 0.2) is 14.6 Å². The molecule has 5 aliphatic rings. The number of amides is 1. The molecule has 6 unspecified atom stereocenters. The second kappa shape index (κ2) is 27.7. The Balaban J connectivity index is 0.000000220. The Morgan fingerprint density at radius 1 is 1.05 bits per heavy atom. The van der Waals surface area contributed by atoms with E-state index in [-0.39, 0.29) is 34.2 Å². The van der Waals surface area contributed by atoms with E-state index in [0.717, 1.165) is 78.9 Å². The number of carbonyl (C=O) groups excluding carboxylic acids is 4. The monoisotopic (exact) mass is 924 g/mol. The number of aldehydes is 2. The third-order valence-electron chi connectivity index (χ3n) is 12.4. The smallest absolute Gasteiger partial charge is 0.323 e. The SMILES string of the molecule is CCCOC(=O)C(C)NP(CC1=CC2C=C(C=O)SC2C=C1)Oc1ccccc1.CN1CCCC1CCCCCC=O.CNC.C[C@H]1C(c2cccc(C(F)F)c2)CN(C=O)C12CC2. The van der Waals surface area contributed by atoms with Crippen molar-refractivity contribution in [2.75, 3.05) is 47.0 Å². The van der Waals surface area contributed by atoms with Gasteiger partial charge < -0.3 is 29.2 Å². The van der Waals surface area contributed by atoms with Gasteiger partial charge in [-0.25, -0.2) is 8.78 Å². The molecule has 3 aliphatic heterocycles. The molecule has 64 heavy (non-hydrogen) atoms. The Morgan fingerprint density at radius 3 is 2.41 bits per heavy atom. The van der Waals surface area contributed by atoms with E-state index in [4.69, 9.17) is 9.26 Å². The summed E-state index contributed by atoms with van der Waals surface area (Å²) in [6.07, 6.45) is 20.8. The zero-order valence-electron chi connectivity index (χ0n) is 38.6. The van der Waals surface area contributed by atoms with E-state index in [1.54, 1.807) is 30.8 Å². The third kappa shape index (κ3) is 16.0. The van der Waals surface area contributed by atoms with Gasteiger partial charge >= 0.3 is 5.97 Å². The van der Waals surface area contributed by atoms with Crippen LogP contribution in [-0.2, 0) is 23.9 Å². The Labute approximate surface area is 386 Å². The average molecular weight is 925 g/mol. The first-order valence-corrected chi connectivity index (χ1v) is 25.2.